The molecule has 0 radical (unpaired) electrons. The van der Waals surface area contributed by atoms with Gasteiger partial charge in [0.25, 0.3) is 0 Å². The predicted molar refractivity (Wildman–Crippen MR) is 97.2 cm³/mol. The fourth-order valence-electron chi connectivity index (χ4n) is 3.57. The highest BCUT2D eigenvalue weighted by Gasteiger charge is 2.34. The maximum absolute atomic E-state index is 13.9. The minimum atomic E-state index is -4.09. The summed E-state index contributed by atoms with van der Waals surface area (Å²) < 4.78 is 29.4. The molecule has 0 atom stereocenters. The van der Waals surface area contributed by atoms with Gasteiger partial charge in [-0.1, -0.05) is 35.9 Å². The van der Waals surface area contributed by atoms with Crippen molar-refractivity contribution in [1.29, 1.82) is 0 Å². The van der Waals surface area contributed by atoms with E-state index in [-0.39, 0.29) is 6.54 Å². The molecule has 1 aromatic heterocycles. The topological polar surface area (TPSA) is 62.3 Å². The number of aromatic nitrogens is 2. The van der Waals surface area contributed by atoms with Crippen LogP contribution in [0.25, 0.3) is 15.7 Å². The smallest absolute Gasteiger partial charge is 0.312 e. The van der Waals surface area contributed by atoms with Gasteiger partial charge in [-0.05, 0) is 37.3 Å². The second kappa shape index (κ2) is 6.41. The van der Waals surface area contributed by atoms with Gasteiger partial charge in [-0.2, -0.15) is 13.9 Å². The number of aliphatic carboxylic acids is 1. The first-order valence-corrected chi connectivity index (χ1v) is 8.89. The Morgan fingerprint density at radius 1 is 1.36 bits per heavy atom. The average Bonchev–Trinajstić information content (AvgIpc) is 3.47. The zero-order chi connectivity index (χ0) is 20.1. The zero-order valence-electron chi connectivity index (χ0n) is 15.1. The van der Waals surface area contributed by atoms with Gasteiger partial charge in [0, 0.05) is 10.9 Å². The summed E-state index contributed by atoms with van der Waals surface area (Å²) in [7, 11) is 0. The largest absolute Gasteiger partial charge is 0.544 e. The van der Waals surface area contributed by atoms with E-state index in [0.717, 1.165) is 36.1 Å². The number of carbonyl (C=O) groups excluding carboxylic acids is 1. The van der Waals surface area contributed by atoms with Crippen molar-refractivity contribution in [2.24, 2.45) is 0 Å². The molecule has 1 fully saturated rings. The number of carboxylic acid groups (broad SMARTS) is 1. The minimum Gasteiger partial charge on any atom is -0.544 e. The van der Waals surface area contributed by atoms with Crippen LogP contribution in [0.1, 0.15) is 41.1 Å². The molecule has 4 rings (SSSR count). The van der Waals surface area contributed by atoms with Crippen LogP contribution < -0.4 is 5.11 Å². The van der Waals surface area contributed by atoms with Crippen molar-refractivity contribution in [2.75, 3.05) is 0 Å². The Morgan fingerprint density at radius 3 is 2.75 bits per heavy atom. The lowest BCUT2D eigenvalue weighted by Gasteiger charge is -2.18. The monoisotopic (exact) mass is 380 g/mol. The molecule has 5 nitrogen and oxygen atoms in total. The number of halogens is 2. The first kappa shape index (κ1) is 18.1. The van der Waals surface area contributed by atoms with Gasteiger partial charge in [0.2, 0.25) is 0 Å². The summed E-state index contributed by atoms with van der Waals surface area (Å²) in [5, 5.41) is 15.9. The van der Waals surface area contributed by atoms with E-state index in [0.29, 0.717) is 28.2 Å². The molecule has 0 amide bonds. The van der Waals surface area contributed by atoms with E-state index in [9.17, 15) is 18.7 Å². The van der Waals surface area contributed by atoms with Crippen molar-refractivity contribution >= 4 is 22.6 Å². The Morgan fingerprint density at radius 2 is 2.11 bits per heavy atom. The van der Waals surface area contributed by atoms with Crippen molar-refractivity contribution in [1.82, 2.24) is 9.78 Å². The maximum atomic E-state index is 13.9. The highest BCUT2D eigenvalue weighted by atomic mass is 19.3. The molecule has 1 heterocycles. The van der Waals surface area contributed by atoms with Crippen LogP contribution in [-0.2, 0) is 17.3 Å². The Kier molecular flexibility index (Phi) is 4.15. The van der Waals surface area contributed by atoms with Crippen LogP contribution in [0.4, 0.5) is 14.5 Å². The third-order valence-electron chi connectivity index (χ3n) is 5.19. The van der Waals surface area contributed by atoms with Crippen LogP contribution in [0.5, 0.6) is 0 Å². The number of carbonyl (C=O) groups is 1. The summed E-state index contributed by atoms with van der Waals surface area (Å²) in [6.07, 6.45) is 2.13. The number of nitrogens with zero attached hydrogens (tertiary/aromatic N) is 3. The predicted octanol–water partition coefficient (Wildman–Crippen LogP) is 3.66. The van der Waals surface area contributed by atoms with Crippen molar-refractivity contribution in [3.8, 4) is 0 Å². The normalized spacial score (nSPS) is 14.2. The first-order valence-electron chi connectivity index (χ1n) is 8.89. The van der Waals surface area contributed by atoms with E-state index < -0.39 is 17.5 Å². The second-order valence-electron chi connectivity index (χ2n) is 7.07. The van der Waals surface area contributed by atoms with Gasteiger partial charge in [-0.15, -0.1) is 0 Å². The van der Waals surface area contributed by atoms with Gasteiger partial charge in [0.1, 0.15) is 5.97 Å². The fourth-order valence-corrected chi connectivity index (χ4v) is 3.57. The summed E-state index contributed by atoms with van der Waals surface area (Å²) in [4.78, 5) is 14.4. The molecular weight excluding hydrogens is 364 g/mol. The van der Waals surface area contributed by atoms with E-state index in [4.69, 9.17) is 6.57 Å². The van der Waals surface area contributed by atoms with E-state index in [1.165, 1.54) is 6.07 Å². The third-order valence-corrected chi connectivity index (χ3v) is 5.19. The lowest BCUT2D eigenvalue weighted by Crippen LogP contribution is -2.39. The Hall–Kier alpha value is -3.27. The highest BCUT2D eigenvalue weighted by molar-refractivity contribution is 5.85. The van der Waals surface area contributed by atoms with Crippen molar-refractivity contribution in [3.63, 3.8) is 0 Å². The molecule has 2 aromatic carbocycles. The molecule has 0 bridgehead atoms. The summed E-state index contributed by atoms with van der Waals surface area (Å²) in [5.74, 6) is -6.12. The summed E-state index contributed by atoms with van der Waals surface area (Å²) in [6.45, 7) is 9.48. The lowest BCUT2D eigenvalue weighted by atomic mass is 10.0. The number of hydrogen-bond donors (Lipinski definition) is 0. The zero-order valence-corrected chi connectivity index (χ0v) is 15.1. The van der Waals surface area contributed by atoms with E-state index in [1.54, 1.807) is 17.7 Å². The van der Waals surface area contributed by atoms with Crippen LogP contribution in [0.15, 0.2) is 36.4 Å². The standard InChI is InChI=1S/C21H17F2N3O2/c1-12-15-9-8-14(21(22,23)20(27)28)10-19(15)26(25-12)11-17-16(13-6-7-13)4-3-5-18(17)24-2/h3-5,8-10,13H,6-7,11H2,1H3,(H,27,28)/p-1. The van der Waals surface area contributed by atoms with Crippen molar-refractivity contribution < 1.29 is 18.7 Å². The van der Waals surface area contributed by atoms with Gasteiger partial charge < -0.3 is 9.90 Å². The van der Waals surface area contributed by atoms with Crippen molar-refractivity contribution in [3.05, 3.63) is 70.2 Å². The molecule has 3 aromatic rings. The molecule has 0 N–H and O–H groups in total. The lowest BCUT2D eigenvalue weighted by molar-refractivity contribution is -0.331. The molecule has 1 aliphatic carbocycles. The van der Waals surface area contributed by atoms with Gasteiger partial charge in [0.15, 0.2) is 5.69 Å². The Bertz CT molecular complexity index is 1140. The van der Waals surface area contributed by atoms with Crippen LogP contribution in [0.2, 0.25) is 0 Å². The van der Waals surface area contributed by atoms with Gasteiger partial charge in [-0.3, -0.25) is 4.68 Å². The molecule has 28 heavy (non-hydrogen) atoms. The molecule has 0 unspecified atom stereocenters. The van der Waals surface area contributed by atoms with Crippen LogP contribution in [0, 0.1) is 13.5 Å². The summed E-state index contributed by atoms with van der Waals surface area (Å²) in [6, 6.07) is 9.26. The number of rotatable bonds is 5. The van der Waals surface area contributed by atoms with Gasteiger partial charge in [0.05, 0.1) is 24.3 Å². The Labute approximate surface area is 160 Å². The van der Waals surface area contributed by atoms with Crippen LogP contribution in [0.3, 0.4) is 0 Å². The summed E-state index contributed by atoms with van der Waals surface area (Å²) in [5.41, 5.74) is 2.83. The molecule has 7 heteroatoms. The average molecular weight is 380 g/mol. The van der Waals surface area contributed by atoms with Gasteiger partial charge >= 0.3 is 5.92 Å². The van der Waals surface area contributed by atoms with Crippen LogP contribution in [-0.4, -0.2) is 15.7 Å². The Balaban J connectivity index is 1.85. The van der Waals surface area contributed by atoms with Gasteiger partial charge in [-0.25, -0.2) is 4.85 Å². The quantitative estimate of drug-likeness (QED) is 0.635. The molecular formula is C21H16F2N3O2-. The van der Waals surface area contributed by atoms with Crippen molar-refractivity contribution in [2.45, 2.75) is 38.2 Å². The van der Waals surface area contributed by atoms with E-state index >= 15 is 0 Å². The number of carboxylic acids is 1. The third kappa shape index (κ3) is 2.91. The highest BCUT2D eigenvalue weighted by Crippen LogP contribution is 2.44. The SMILES string of the molecule is [C-]#[N+]c1cccc(C2CC2)c1Cn1nc(C)c2ccc(C(F)(F)C(=O)[O-])cc21. The number of alkyl halides is 2. The molecule has 0 aliphatic heterocycles. The van der Waals surface area contributed by atoms with E-state index in [2.05, 4.69) is 9.94 Å². The second-order valence-corrected chi connectivity index (χ2v) is 7.07. The number of aryl methyl sites for hydroxylation is 1. The maximum Gasteiger partial charge on any atom is 0.312 e. The first-order chi connectivity index (χ1) is 13.3. The summed E-state index contributed by atoms with van der Waals surface area (Å²) >= 11 is 0. The number of hydrogen-bond acceptors (Lipinski definition) is 3. The molecule has 142 valence electrons. The molecule has 0 saturated heterocycles. The van der Waals surface area contributed by atoms with E-state index in [1.807, 2.05) is 12.1 Å². The molecule has 1 aliphatic rings. The molecule has 1 saturated carbocycles. The minimum absolute atomic E-state index is 0.259. The number of benzene rings is 2. The molecule has 0 spiro atoms. The van der Waals surface area contributed by atoms with Crippen LogP contribution >= 0.6 is 0 Å². The number of fused-ring (bicyclic) bond motifs is 1. The fraction of sp³-hybridized carbons (Fsp3) is 0.286.